The molecule has 0 aliphatic rings. The first-order chi connectivity index (χ1) is 28.1. The first-order valence-corrected chi connectivity index (χ1v) is 18.5. The quantitative estimate of drug-likeness (QED) is 0.146. The number of hydrogen-bond acceptors (Lipinski definition) is 4. The Morgan fingerprint density at radius 3 is 0.667 bits per heavy atom. The Balaban J connectivity index is 1.57. The molecule has 0 saturated heterocycles. The zero-order valence-corrected chi connectivity index (χ0v) is 30.8. The van der Waals surface area contributed by atoms with Crippen molar-refractivity contribution in [3.8, 4) is 68.8 Å². The van der Waals surface area contributed by atoms with Gasteiger partial charge in [0.15, 0.2) is 0 Å². The van der Waals surface area contributed by atoms with Gasteiger partial charge in [-0.3, -0.25) is 0 Å². The Bertz CT molecular complexity index is 2520. The summed E-state index contributed by atoms with van der Waals surface area (Å²) >= 11 is 0. The van der Waals surface area contributed by atoms with E-state index in [9.17, 15) is 21.0 Å². The summed E-state index contributed by atoms with van der Waals surface area (Å²) in [6.45, 7) is 0. The monoisotopic (exact) mass is 724 g/mol. The molecule has 0 unspecified atom stereocenters. The van der Waals surface area contributed by atoms with Crippen molar-refractivity contribution >= 4 is 0 Å². The van der Waals surface area contributed by atoms with Crippen LogP contribution in [-0.2, 0) is 5.41 Å². The maximum absolute atomic E-state index is 10.4. The normalized spacial score (nSPS) is 10.7. The Morgan fingerprint density at radius 1 is 0.263 bits per heavy atom. The lowest BCUT2D eigenvalue weighted by atomic mass is 9.63. The Morgan fingerprint density at radius 2 is 0.474 bits per heavy atom. The Hall–Kier alpha value is -8.28. The van der Waals surface area contributed by atoms with Crippen molar-refractivity contribution in [2.75, 3.05) is 0 Å². The van der Waals surface area contributed by atoms with E-state index in [1.807, 2.05) is 170 Å². The second kappa shape index (κ2) is 15.6. The second-order valence-corrected chi connectivity index (χ2v) is 13.7. The van der Waals surface area contributed by atoms with Crippen LogP contribution in [-0.4, -0.2) is 0 Å². The molecule has 0 radical (unpaired) electrons. The highest BCUT2D eigenvalue weighted by atomic mass is 14.4. The van der Waals surface area contributed by atoms with Crippen LogP contribution in [0.3, 0.4) is 0 Å². The summed E-state index contributed by atoms with van der Waals surface area (Å²) in [5.41, 5.74) is 11.1. The first kappa shape index (κ1) is 35.7. The highest BCUT2D eigenvalue weighted by molar-refractivity contribution is 5.80. The van der Waals surface area contributed by atoms with Crippen LogP contribution in [0.15, 0.2) is 194 Å². The number of hydrogen-bond donors (Lipinski definition) is 0. The third-order valence-electron chi connectivity index (χ3n) is 10.6. The molecular formula is C53H32N4. The van der Waals surface area contributed by atoms with Crippen LogP contribution in [0.25, 0.3) is 44.5 Å². The molecule has 0 aliphatic heterocycles. The fourth-order valence-corrected chi connectivity index (χ4v) is 7.93. The lowest BCUT2D eigenvalue weighted by Crippen LogP contribution is -2.31. The zero-order valence-electron chi connectivity index (χ0n) is 30.8. The summed E-state index contributed by atoms with van der Waals surface area (Å²) in [6.07, 6.45) is 0. The van der Waals surface area contributed by atoms with Crippen molar-refractivity contribution in [1.82, 2.24) is 0 Å². The minimum atomic E-state index is -1.12. The summed E-state index contributed by atoms with van der Waals surface area (Å²) in [5.74, 6) is 0. The lowest BCUT2D eigenvalue weighted by Gasteiger charge is -2.38. The standard InChI is InChI=1S/C53H32N4/c54-33-41-21-25-45(29-49(41)37-13-5-1-6-14-37)53(46-26-22-42(34-55)50(30-46)38-15-7-2-8-16-38,47-27-23-43(35-56)51(31-47)39-17-9-3-10-18-39)48-28-24-44(36-57)52(32-48)40-19-11-4-12-20-40/h1-32H. The Kier molecular flexibility index (Phi) is 9.78. The predicted molar refractivity (Wildman–Crippen MR) is 225 cm³/mol. The largest absolute Gasteiger partial charge is 0.192 e. The van der Waals surface area contributed by atoms with E-state index in [1.54, 1.807) is 0 Å². The summed E-state index contributed by atoms with van der Waals surface area (Å²) in [5, 5.41) is 41.8. The van der Waals surface area contributed by atoms with Gasteiger partial charge >= 0.3 is 0 Å². The molecule has 4 heteroatoms. The van der Waals surface area contributed by atoms with Gasteiger partial charge in [0.1, 0.15) is 0 Å². The van der Waals surface area contributed by atoms with Gasteiger partial charge in [0.05, 0.1) is 51.9 Å². The van der Waals surface area contributed by atoms with Gasteiger partial charge in [-0.1, -0.05) is 146 Å². The lowest BCUT2D eigenvalue weighted by molar-refractivity contribution is 0.746. The first-order valence-electron chi connectivity index (χ1n) is 18.5. The molecule has 8 rings (SSSR count). The molecule has 4 nitrogen and oxygen atoms in total. The minimum absolute atomic E-state index is 0.526. The molecular weight excluding hydrogens is 693 g/mol. The molecule has 0 aliphatic carbocycles. The van der Waals surface area contributed by atoms with Crippen molar-refractivity contribution < 1.29 is 0 Å². The van der Waals surface area contributed by atoms with Gasteiger partial charge < -0.3 is 0 Å². The average molecular weight is 725 g/mol. The molecule has 0 aromatic heterocycles. The fourth-order valence-electron chi connectivity index (χ4n) is 7.93. The van der Waals surface area contributed by atoms with Crippen LogP contribution in [0.5, 0.6) is 0 Å². The molecule has 57 heavy (non-hydrogen) atoms. The summed E-state index contributed by atoms with van der Waals surface area (Å²) < 4.78 is 0. The molecule has 0 spiro atoms. The van der Waals surface area contributed by atoms with Crippen molar-refractivity contribution in [2.45, 2.75) is 5.41 Å². The number of nitriles is 4. The van der Waals surface area contributed by atoms with Gasteiger partial charge in [-0.15, -0.1) is 0 Å². The van der Waals surface area contributed by atoms with Gasteiger partial charge in [0, 0.05) is 0 Å². The van der Waals surface area contributed by atoms with Gasteiger partial charge in [-0.2, -0.15) is 21.0 Å². The average Bonchev–Trinajstić information content (AvgIpc) is 3.30. The van der Waals surface area contributed by atoms with E-state index in [4.69, 9.17) is 0 Å². The maximum Gasteiger partial charge on any atom is 0.0998 e. The molecule has 8 aromatic rings. The third kappa shape index (κ3) is 6.52. The van der Waals surface area contributed by atoms with Crippen LogP contribution >= 0.6 is 0 Å². The van der Waals surface area contributed by atoms with E-state index < -0.39 is 5.41 Å². The number of benzene rings is 8. The van der Waals surface area contributed by atoms with Crippen LogP contribution < -0.4 is 0 Å². The topological polar surface area (TPSA) is 95.2 Å². The van der Waals surface area contributed by atoms with E-state index in [0.717, 1.165) is 66.8 Å². The minimum Gasteiger partial charge on any atom is -0.192 e. The molecule has 0 saturated carbocycles. The highest BCUT2D eigenvalue weighted by Crippen LogP contribution is 2.49. The molecule has 0 bridgehead atoms. The Labute approximate surface area is 332 Å². The van der Waals surface area contributed by atoms with E-state index in [0.29, 0.717) is 22.3 Å². The van der Waals surface area contributed by atoms with E-state index >= 15 is 0 Å². The number of rotatable bonds is 8. The molecule has 8 aromatic carbocycles. The van der Waals surface area contributed by atoms with Crippen molar-refractivity contribution in [3.05, 3.63) is 239 Å². The highest BCUT2D eigenvalue weighted by Gasteiger charge is 2.40. The van der Waals surface area contributed by atoms with Crippen molar-refractivity contribution in [3.63, 3.8) is 0 Å². The third-order valence-corrected chi connectivity index (χ3v) is 10.6. The summed E-state index contributed by atoms with van der Waals surface area (Å²) in [6, 6.07) is 73.1. The summed E-state index contributed by atoms with van der Waals surface area (Å²) in [7, 11) is 0. The van der Waals surface area contributed by atoms with E-state index in [1.165, 1.54) is 0 Å². The second-order valence-electron chi connectivity index (χ2n) is 13.7. The van der Waals surface area contributed by atoms with Gasteiger partial charge in [-0.25, -0.2) is 0 Å². The smallest absolute Gasteiger partial charge is 0.0998 e. The van der Waals surface area contributed by atoms with Crippen molar-refractivity contribution in [2.24, 2.45) is 0 Å². The van der Waals surface area contributed by atoms with Gasteiger partial charge in [0.25, 0.3) is 0 Å². The molecule has 264 valence electrons. The van der Waals surface area contributed by atoms with Crippen LogP contribution in [0, 0.1) is 45.3 Å². The van der Waals surface area contributed by atoms with Crippen molar-refractivity contribution in [1.29, 1.82) is 21.0 Å². The van der Waals surface area contributed by atoms with Gasteiger partial charge in [-0.05, 0) is 115 Å². The van der Waals surface area contributed by atoms with E-state index in [-0.39, 0.29) is 0 Å². The van der Waals surface area contributed by atoms with Crippen LogP contribution in [0.4, 0.5) is 0 Å². The van der Waals surface area contributed by atoms with Crippen LogP contribution in [0.2, 0.25) is 0 Å². The van der Waals surface area contributed by atoms with E-state index in [2.05, 4.69) is 48.5 Å². The molecule has 0 N–H and O–H groups in total. The van der Waals surface area contributed by atoms with Crippen LogP contribution in [0.1, 0.15) is 44.5 Å². The fraction of sp³-hybridized carbons (Fsp3) is 0.0189. The zero-order chi connectivity index (χ0) is 39.2. The molecule has 0 heterocycles. The maximum atomic E-state index is 10.4. The number of nitrogens with zero attached hydrogens (tertiary/aromatic N) is 4. The SMILES string of the molecule is N#Cc1ccc(C(c2ccc(C#N)c(-c3ccccc3)c2)(c2ccc(C#N)c(-c3ccccc3)c2)c2ccc(C#N)c(-c3ccccc3)c2)cc1-c1ccccc1. The van der Waals surface area contributed by atoms with Gasteiger partial charge in [0.2, 0.25) is 0 Å². The molecule has 0 fully saturated rings. The summed E-state index contributed by atoms with van der Waals surface area (Å²) in [4.78, 5) is 0. The predicted octanol–water partition coefficient (Wildman–Crippen LogP) is 12.2. The molecule has 0 amide bonds. The molecule has 0 atom stereocenters.